The molecule has 6 heteroatoms. The van der Waals surface area contributed by atoms with Crippen molar-refractivity contribution >= 4 is 40.7 Å². The van der Waals surface area contributed by atoms with Gasteiger partial charge >= 0.3 is 0 Å². The van der Waals surface area contributed by atoms with Crippen LogP contribution in [0.1, 0.15) is 17.9 Å². The van der Waals surface area contributed by atoms with E-state index in [1.807, 2.05) is 49.4 Å². The lowest BCUT2D eigenvalue weighted by Gasteiger charge is -2.25. The SMILES string of the molecule is CCOc1ccc([C@H]2SC[C@H]3C(=O)N(c4ccccc4)C(=S)N23)cc1. The summed E-state index contributed by atoms with van der Waals surface area (Å²) in [5.41, 5.74) is 1.98. The second kappa shape index (κ2) is 6.69. The molecule has 0 saturated carbocycles. The quantitative estimate of drug-likeness (QED) is 0.764. The van der Waals surface area contributed by atoms with Crippen LogP contribution in [-0.2, 0) is 4.79 Å². The van der Waals surface area contributed by atoms with E-state index in [-0.39, 0.29) is 17.3 Å². The zero-order valence-electron chi connectivity index (χ0n) is 13.8. The second-order valence-corrected chi connectivity index (χ2v) is 7.38. The van der Waals surface area contributed by atoms with Gasteiger partial charge < -0.3 is 9.64 Å². The fourth-order valence-electron chi connectivity index (χ4n) is 3.26. The van der Waals surface area contributed by atoms with Gasteiger partial charge in [-0.05, 0) is 49.0 Å². The van der Waals surface area contributed by atoms with Crippen molar-refractivity contribution in [3.05, 3.63) is 60.2 Å². The van der Waals surface area contributed by atoms with Crippen LogP contribution >= 0.6 is 24.0 Å². The minimum atomic E-state index is -0.186. The third-order valence-corrected chi connectivity index (χ3v) is 6.13. The molecule has 0 unspecified atom stereocenters. The van der Waals surface area contributed by atoms with Gasteiger partial charge in [0, 0.05) is 5.75 Å². The molecule has 0 radical (unpaired) electrons. The Kier molecular flexibility index (Phi) is 4.39. The van der Waals surface area contributed by atoms with Gasteiger partial charge in [-0.2, -0.15) is 0 Å². The summed E-state index contributed by atoms with van der Waals surface area (Å²) in [6, 6.07) is 17.5. The number of hydrogen-bond donors (Lipinski definition) is 0. The maximum Gasteiger partial charge on any atom is 0.257 e. The summed E-state index contributed by atoms with van der Waals surface area (Å²) in [7, 11) is 0. The Morgan fingerprint density at radius 1 is 1.16 bits per heavy atom. The van der Waals surface area contributed by atoms with Crippen molar-refractivity contribution in [1.82, 2.24) is 4.90 Å². The molecule has 2 atom stereocenters. The lowest BCUT2D eigenvalue weighted by Crippen LogP contribution is -2.33. The first-order valence-corrected chi connectivity index (χ1v) is 9.72. The normalized spacial score (nSPS) is 22.4. The van der Waals surface area contributed by atoms with Gasteiger partial charge in [-0.3, -0.25) is 9.69 Å². The first-order valence-electron chi connectivity index (χ1n) is 8.26. The van der Waals surface area contributed by atoms with Crippen LogP contribution in [0.2, 0.25) is 0 Å². The number of anilines is 1. The molecular weight excluding hydrogens is 352 g/mol. The van der Waals surface area contributed by atoms with Crippen LogP contribution in [0.4, 0.5) is 5.69 Å². The van der Waals surface area contributed by atoms with Gasteiger partial charge in [-0.15, -0.1) is 11.8 Å². The van der Waals surface area contributed by atoms with E-state index in [2.05, 4.69) is 17.0 Å². The molecule has 2 aliphatic heterocycles. The van der Waals surface area contributed by atoms with E-state index in [0.717, 1.165) is 22.8 Å². The first kappa shape index (κ1) is 16.4. The molecule has 4 rings (SSSR count). The third-order valence-electron chi connectivity index (χ3n) is 4.41. The molecule has 0 N–H and O–H groups in total. The van der Waals surface area contributed by atoms with Gasteiger partial charge in [0.25, 0.3) is 5.91 Å². The number of amides is 1. The number of thioether (sulfide) groups is 1. The predicted molar refractivity (Wildman–Crippen MR) is 105 cm³/mol. The Hall–Kier alpha value is -2.05. The predicted octanol–water partition coefficient (Wildman–Crippen LogP) is 3.83. The Morgan fingerprint density at radius 3 is 2.56 bits per heavy atom. The van der Waals surface area contributed by atoms with Crippen molar-refractivity contribution in [1.29, 1.82) is 0 Å². The summed E-state index contributed by atoms with van der Waals surface area (Å²) < 4.78 is 5.51. The van der Waals surface area contributed by atoms with Crippen molar-refractivity contribution in [2.24, 2.45) is 0 Å². The van der Waals surface area contributed by atoms with Gasteiger partial charge in [-0.25, -0.2) is 0 Å². The zero-order valence-corrected chi connectivity index (χ0v) is 15.4. The van der Waals surface area contributed by atoms with Gasteiger partial charge in [-0.1, -0.05) is 30.3 Å². The van der Waals surface area contributed by atoms with Crippen molar-refractivity contribution in [3.63, 3.8) is 0 Å². The van der Waals surface area contributed by atoms with E-state index in [0.29, 0.717) is 11.7 Å². The van der Waals surface area contributed by atoms with Crippen LogP contribution in [0.25, 0.3) is 0 Å². The molecule has 2 aromatic rings. The molecule has 4 nitrogen and oxygen atoms in total. The lowest BCUT2D eigenvalue weighted by molar-refractivity contribution is -0.119. The smallest absolute Gasteiger partial charge is 0.257 e. The number of para-hydroxylation sites is 1. The topological polar surface area (TPSA) is 32.8 Å². The van der Waals surface area contributed by atoms with Gasteiger partial charge in [0.05, 0.1) is 12.3 Å². The molecular formula is C19H18N2O2S2. The summed E-state index contributed by atoms with van der Waals surface area (Å²) in [6.07, 6.45) is 0. The number of nitrogens with zero attached hydrogens (tertiary/aromatic N) is 2. The molecule has 0 bridgehead atoms. The average molecular weight is 370 g/mol. The number of carbonyl (C=O) groups is 1. The van der Waals surface area contributed by atoms with Crippen molar-refractivity contribution < 1.29 is 9.53 Å². The summed E-state index contributed by atoms with van der Waals surface area (Å²) in [6.45, 7) is 2.62. The molecule has 25 heavy (non-hydrogen) atoms. The maximum absolute atomic E-state index is 12.9. The molecule has 2 fully saturated rings. The molecule has 0 spiro atoms. The minimum absolute atomic E-state index is 0.0610. The van der Waals surface area contributed by atoms with Crippen LogP contribution < -0.4 is 9.64 Å². The van der Waals surface area contributed by atoms with E-state index in [1.165, 1.54) is 0 Å². The van der Waals surface area contributed by atoms with Crippen LogP contribution in [0, 0.1) is 0 Å². The standard InChI is InChI=1S/C19H18N2O2S2/c1-2-23-15-10-8-13(9-11-15)18-21-16(12-25-18)17(22)20(19(21)24)14-6-4-3-5-7-14/h3-11,16,18H,2,12H2,1H3/t16-,18+/m0/s1. The maximum atomic E-state index is 12.9. The number of carbonyl (C=O) groups excluding carboxylic acids is 1. The van der Waals surface area contributed by atoms with E-state index in [9.17, 15) is 4.79 Å². The summed E-state index contributed by atoms with van der Waals surface area (Å²) in [4.78, 5) is 16.6. The number of thiocarbonyl (C=S) groups is 1. The van der Waals surface area contributed by atoms with Gasteiger partial charge in [0.2, 0.25) is 0 Å². The number of rotatable bonds is 4. The number of benzene rings is 2. The molecule has 0 aliphatic carbocycles. The van der Waals surface area contributed by atoms with Crippen molar-refractivity contribution in [3.8, 4) is 5.75 Å². The Bertz CT molecular complexity index is 795. The third kappa shape index (κ3) is 2.79. The highest BCUT2D eigenvalue weighted by molar-refractivity contribution is 7.99. The molecule has 2 aliphatic rings. The summed E-state index contributed by atoms with van der Waals surface area (Å²) in [5, 5.41) is 0.649. The van der Waals surface area contributed by atoms with Gasteiger partial charge in [0.1, 0.15) is 17.2 Å². The van der Waals surface area contributed by atoms with Crippen LogP contribution in [0.5, 0.6) is 5.75 Å². The highest BCUT2D eigenvalue weighted by atomic mass is 32.2. The monoisotopic (exact) mass is 370 g/mol. The molecule has 128 valence electrons. The highest BCUT2D eigenvalue weighted by Crippen LogP contribution is 2.46. The fraction of sp³-hybridized carbons (Fsp3) is 0.263. The first-order chi connectivity index (χ1) is 12.2. The van der Waals surface area contributed by atoms with E-state index in [4.69, 9.17) is 17.0 Å². The molecule has 0 aromatic heterocycles. The molecule has 1 amide bonds. The molecule has 2 heterocycles. The average Bonchev–Trinajstić information content (AvgIpc) is 3.17. The zero-order chi connectivity index (χ0) is 17.4. The Balaban J connectivity index is 1.62. The number of fused-ring (bicyclic) bond motifs is 1. The summed E-state index contributed by atoms with van der Waals surface area (Å²) >= 11 is 7.44. The van der Waals surface area contributed by atoms with Crippen molar-refractivity contribution in [2.75, 3.05) is 17.3 Å². The Morgan fingerprint density at radius 2 is 1.88 bits per heavy atom. The minimum Gasteiger partial charge on any atom is -0.494 e. The van der Waals surface area contributed by atoms with Gasteiger partial charge in [0.15, 0.2) is 5.11 Å². The van der Waals surface area contributed by atoms with E-state index < -0.39 is 0 Å². The van der Waals surface area contributed by atoms with E-state index >= 15 is 0 Å². The largest absolute Gasteiger partial charge is 0.494 e. The molecule has 2 saturated heterocycles. The lowest BCUT2D eigenvalue weighted by atomic mass is 10.2. The Labute approximate surface area is 156 Å². The highest BCUT2D eigenvalue weighted by Gasteiger charge is 2.50. The fourth-order valence-corrected chi connectivity index (χ4v) is 5.18. The molecule has 2 aromatic carbocycles. The van der Waals surface area contributed by atoms with Crippen LogP contribution in [-0.4, -0.2) is 34.3 Å². The van der Waals surface area contributed by atoms with Crippen molar-refractivity contribution in [2.45, 2.75) is 18.3 Å². The second-order valence-electron chi connectivity index (χ2n) is 5.90. The van der Waals surface area contributed by atoms with Crippen LogP contribution in [0.3, 0.4) is 0 Å². The number of hydrogen-bond acceptors (Lipinski definition) is 4. The van der Waals surface area contributed by atoms with Crippen LogP contribution in [0.15, 0.2) is 54.6 Å². The number of ether oxygens (including phenoxy) is 1. The summed E-state index contributed by atoms with van der Waals surface area (Å²) in [5.74, 6) is 1.68. The van der Waals surface area contributed by atoms with E-state index in [1.54, 1.807) is 16.7 Å².